The number of aliphatic hydroxyl groups excluding tert-OH is 1. The second-order valence-electron chi connectivity index (χ2n) is 5.17. The lowest BCUT2D eigenvalue weighted by atomic mass is 9.89. The van der Waals surface area contributed by atoms with Gasteiger partial charge >= 0.3 is 0 Å². The number of piperidine rings is 1. The zero-order valence-electron chi connectivity index (χ0n) is 10.0. The number of amides is 1. The van der Waals surface area contributed by atoms with Crippen molar-refractivity contribution in [1.29, 1.82) is 0 Å². The molecule has 1 aliphatic heterocycles. The first-order valence-corrected chi connectivity index (χ1v) is 6.34. The summed E-state index contributed by atoms with van der Waals surface area (Å²) < 4.78 is 0. The molecule has 2 fully saturated rings. The van der Waals surface area contributed by atoms with Gasteiger partial charge in [0.1, 0.15) is 0 Å². The Morgan fingerprint density at radius 3 is 2.75 bits per heavy atom. The lowest BCUT2D eigenvalue weighted by Crippen LogP contribution is -2.58. The maximum Gasteiger partial charge on any atom is 0.242 e. The minimum atomic E-state index is -0.393. The topological polar surface area (TPSA) is 52.6 Å². The molecule has 0 aromatic carbocycles. The molecule has 1 atom stereocenters. The zero-order chi connectivity index (χ0) is 11.6. The quantitative estimate of drug-likeness (QED) is 0.734. The first-order chi connectivity index (χ1) is 7.67. The summed E-state index contributed by atoms with van der Waals surface area (Å²) in [7, 11) is 0. The minimum absolute atomic E-state index is 0.0678. The summed E-state index contributed by atoms with van der Waals surface area (Å²) in [6.07, 6.45) is 5.39. The van der Waals surface area contributed by atoms with E-state index in [1.807, 2.05) is 11.8 Å². The van der Waals surface area contributed by atoms with Crippen molar-refractivity contribution in [3.63, 3.8) is 0 Å². The number of nitrogens with one attached hydrogen (secondary N) is 1. The normalized spacial score (nSPS) is 30.1. The van der Waals surface area contributed by atoms with Crippen LogP contribution in [-0.4, -0.2) is 47.2 Å². The van der Waals surface area contributed by atoms with Crippen LogP contribution in [0.4, 0.5) is 0 Å². The maximum absolute atomic E-state index is 12.4. The number of carbonyl (C=O) groups excluding carboxylic acids is 1. The second kappa shape index (κ2) is 4.72. The van der Waals surface area contributed by atoms with Crippen LogP contribution in [0.5, 0.6) is 0 Å². The number of hydrogen-bond donors (Lipinski definition) is 2. The van der Waals surface area contributed by atoms with Crippen LogP contribution in [0.25, 0.3) is 0 Å². The third-order valence-corrected chi connectivity index (χ3v) is 3.68. The summed E-state index contributed by atoms with van der Waals surface area (Å²) >= 11 is 0. The molecule has 1 heterocycles. The summed E-state index contributed by atoms with van der Waals surface area (Å²) in [5.74, 6) is 0.184. The van der Waals surface area contributed by atoms with Crippen molar-refractivity contribution in [1.82, 2.24) is 10.2 Å². The molecule has 92 valence electrons. The van der Waals surface area contributed by atoms with Crippen molar-refractivity contribution in [2.45, 2.75) is 50.6 Å². The predicted octanol–water partition coefficient (Wildman–Crippen LogP) is 0.502. The SMILES string of the molecule is CC1(C(=O)N(CCO)C2CC2)CCCCN1. The van der Waals surface area contributed by atoms with Crippen molar-refractivity contribution < 1.29 is 9.90 Å². The summed E-state index contributed by atoms with van der Waals surface area (Å²) in [6.45, 7) is 3.49. The Morgan fingerprint density at radius 2 is 2.25 bits per heavy atom. The summed E-state index contributed by atoms with van der Waals surface area (Å²) in [5, 5.41) is 12.4. The van der Waals surface area contributed by atoms with E-state index in [9.17, 15) is 4.79 Å². The molecule has 2 aliphatic rings. The zero-order valence-corrected chi connectivity index (χ0v) is 10.0. The number of aliphatic hydroxyl groups is 1. The molecule has 2 N–H and O–H groups in total. The Morgan fingerprint density at radius 1 is 1.50 bits per heavy atom. The first kappa shape index (κ1) is 11.9. The van der Waals surface area contributed by atoms with Crippen molar-refractivity contribution in [3.05, 3.63) is 0 Å². The van der Waals surface area contributed by atoms with Crippen LogP contribution in [-0.2, 0) is 4.79 Å². The van der Waals surface area contributed by atoms with Crippen LogP contribution in [0.15, 0.2) is 0 Å². The monoisotopic (exact) mass is 226 g/mol. The number of carbonyl (C=O) groups is 1. The van der Waals surface area contributed by atoms with E-state index in [4.69, 9.17) is 5.11 Å². The highest BCUT2D eigenvalue weighted by atomic mass is 16.3. The van der Waals surface area contributed by atoms with Crippen LogP contribution in [0.1, 0.15) is 39.0 Å². The fourth-order valence-corrected chi connectivity index (χ4v) is 2.50. The van der Waals surface area contributed by atoms with E-state index in [2.05, 4.69) is 5.32 Å². The van der Waals surface area contributed by atoms with Gasteiger partial charge in [-0.15, -0.1) is 0 Å². The molecule has 1 unspecified atom stereocenters. The van der Waals surface area contributed by atoms with Crippen molar-refractivity contribution in [2.24, 2.45) is 0 Å². The lowest BCUT2D eigenvalue weighted by Gasteiger charge is -2.38. The van der Waals surface area contributed by atoms with Gasteiger partial charge in [0.05, 0.1) is 12.1 Å². The average molecular weight is 226 g/mol. The molecule has 0 aromatic rings. The number of rotatable bonds is 4. The minimum Gasteiger partial charge on any atom is -0.395 e. The van der Waals surface area contributed by atoms with E-state index >= 15 is 0 Å². The molecule has 1 amide bonds. The van der Waals surface area contributed by atoms with Crippen molar-refractivity contribution in [2.75, 3.05) is 19.7 Å². The van der Waals surface area contributed by atoms with E-state index in [1.54, 1.807) is 0 Å². The van der Waals surface area contributed by atoms with Crippen LogP contribution >= 0.6 is 0 Å². The van der Waals surface area contributed by atoms with Crippen LogP contribution < -0.4 is 5.32 Å². The van der Waals surface area contributed by atoms with Crippen LogP contribution in [0.3, 0.4) is 0 Å². The van der Waals surface area contributed by atoms with Gasteiger partial charge < -0.3 is 15.3 Å². The van der Waals surface area contributed by atoms with Gasteiger partial charge in [-0.05, 0) is 45.6 Å². The van der Waals surface area contributed by atoms with Gasteiger partial charge in [-0.3, -0.25) is 4.79 Å². The fourth-order valence-electron chi connectivity index (χ4n) is 2.50. The third kappa shape index (κ3) is 2.38. The molecule has 1 aliphatic carbocycles. The van der Waals surface area contributed by atoms with Gasteiger partial charge in [-0.25, -0.2) is 0 Å². The molecule has 0 bridgehead atoms. The molecule has 0 aromatic heterocycles. The van der Waals surface area contributed by atoms with E-state index in [-0.39, 0.29) is 12.5 Å². The smallest absolute Gasteiger partial charge is 0.242 e. The van der Waals surface area contributed by atoms with Gasteiger partial charge in [0.15, 0.2) is 0 Å². The third-order valence-electron chi connectivity index (χ3n) is 3.68. The van der Waals surface area contributed by atoms with Crippen molar-refractivity contribution in [3.8, 4) is 0 Å². The Bertz CT molecular complexity index is 258. The highest BCUT2D eigenvalue weighted by Gasteiger charge is 2.42. The maximum atomic E-state index is 12.4. The predicted molar refractivity (Wildman–Crippen MR) is 62.1 cm³/mol. The van der Waals surface area contributed by atoms with E-state index in [1.165, 1.54) is 0 Å². The van der Waals surface area contributed by atoms with Gasteiger partial charge in [-0.2, -0.15) is 0 Å². The van der Waals surface area contributed by atoms with E-state index in [0.717, 1.165) is 38.6 Å². The highest BCUT2D eigenvalue weighted by molar-refractivity contribution is 5.86. The molecule has 4 heteroatoms. The molecule has 1 saturated heterocycles. The molecule has 16 heavy (non-hydrogen) atoms. The Balaban J connectivity index is 2.02. The lowest BCUT2D eigenvalue weighted by molar-refractivity contribution is -0.139. The molecule has 1 saturated carbocycles. The Hall–Kier alpha value is -0.610. The molecule has 4 nitrogen and oxygen atoms in total. The number of nitrogens with zero attached hydrogens (tertiary/aromatic N) is 1. The van der Waals surface area contributed by atoms with Crippen molar-refractivity contribution >= 4 is 5.91 Å². The molecular formula is C12H22N2O2. The number of hydrogen-bond acceptors (Lipinski definition) is 3. The van der Waals surface area contributed by atoms with Crippen LogP contribution in [0, 0.1) is 0 Å². The summed E-state index contributed by atoms with van der Waals surface area (Å²) in [4.78, 5) is 14.3. The summed E-state index contributed by atoms with van der Waals surface area (Å²) in [6, 6.07) is 0.389. The second-order valence-corrected chi connectivity index (χ2v) is 5.17. The largest absolute Gasteiger partial charge is 0.395 e. The van der Waals surface area contributed by atoms with E-state index in [0.29, 0.717) is 12.6 Å². The molecule has 0 radical (unpaired) electrons. The summed E-state index contributed by atoms with van der Waals surface area (Å²) in [5.41, 5.74) is -0.393. The average Bonchev–Trinajstić information content (AvgIpc) is 3.10. The molecule has 2 rings (SSSR count). The standard InChI is InChI=1S/C12H22N2O2/c1-12(6-2-3-7-13-12)11(16)14(8-9-15)10-4-5-10/h10,13,15H,2-9H2,1H3. The Labute approximate surface area is 97.0 Å². The molecule has 0 spiro atoms. The van der Waals surface area contributed by atoms with Crippen LogP contribution in [0.2, 0.25) is 0 Å². The highest BCUT2D eigenvalue weighted by Crippen LogP contribution is 2.30. The first-order valence-electron chi connectivity index (χ1n) is 6.34. The Kier molecular flexibility index (Phi) is 3.50. The van der Waals surface area contributed by atoms with Gasteiger partial charge in [0.2, 0.25) is 5.91 Å². The van der Waals surface area contributed by atoms with Gasteiger partial charge in [-0.1, -0.05) is 0 Å². The van der Waals surface area contributed by atoms with Gasteiger partial charge in [0, 0.05) is 12.6 Å². The van der Waals surface area contributed by atoms with Gasteiger partial charge in [0.25, 0.3) is 0 Å². The fraction of sp³-hybridized carbons (Fsp3) is 0.917. The molecular weight excluding hydrogens is 204 g/mol. The van der Waals surface area contributed by atoms with E-state index < -0.39 is 5.54 Å².